The van der Waals surface area contributed by atoms with Crippen LogP contribution in [0.4, 0.5) is 9.93 Å². The number of aromatic amines is 1. The largest absolute Gasteiger partial charge is 0.457 e. The van der Waals surface area contributed by atoms with Gasteiger partial charge in [0.05, 0.1) is 16.2 Å². The number of H-pyrrole nitrogens is 1. The summed E-state index contributed by atoms with van der Waals surface area (Å²) in [7, 11) is 0. The number of thiazole rings is 1. The van der Waals surface area contributed by atoms with Gasteiger partial charge in [-0.25, -0.2) is 19.4 Å². The van der Waals surface area contributed by atoms with Gasteiger partial charge in [-0.15, -0.1) is 40.0 Å². The first-order chi connectivity index (χ1) is 38.7. The van der Waals surface area contributed by atoms with Crippen molar-refractivity contribution in [2.75, 3.05) is 11.1 Å². The van der Waals surface area contributed by atoms with Crippen LogP contribution in [0.3, 0.4) is 0 Å². The van der Waals surface area contributed by atoms with E-state index >= 15 is 9.59 Å². The number of hydrogen-bond donors (Lipinski definition) is 3. The Morgan fingerprint density at radius 1 is 0.728 bits per heavy atom. The van der Waals surface area contributed by atoms with Crippen LogP contribution in [-0.4, -0.2) is 99.4 Å². The molecule has 3 N–H and O–H groups in total. The summed E-state index contributed by atoms with van der Waals surface area (Å²) in [6, 6.07) is 48.0. The number of hydrogen-bond acceptors (Lipinski definition) is 17. The summed E-state index contributed by atoms with van der Waals surface area (Å²) in [5, 5.41) is 22.3. The quantitative estimate of drug-likeness (QED) is 0.0100. The molecule has 0 bridgehead atoms. The van der Waals surface area contributed by atoms with E-state index in [4.69, 9.17) is 19.0 Å². The summed E-state index contributed by atoms with van der Waals surface area (Å²) < 4.78 is 17.1. The second kappa shape index (κ2) is 24.6. The minimum Gasteiger partial charge on any atom is -0.457 e. The summed E-state index contributed by atoms with van der Waals surface area (Å²) in [5.41, 5.74) is -0.494. The van der Waals surface area contributed by atoms with Gasteiger partial charge in [0.2, 0.25) is 5.60 Å². The molecule has 1 saturated heterocycles. The molecule has 5 aromatic carbocycles. The number of β-lactam (4-membered cyclic amide) rings is 1. The zero-order chi connectivity index (χ0) is 57.5. The van der Waals surface area contributed by atoms with E-state index in [0.29, 0.717) is 21.1 Å². The zero-order valence-electron chi connectivity index (χ0n) is 45.6. The van der Waals surface area contributed by atoms with Crippen LogP contribution in [0.5, 0.6) is 0 Å². The highest BCUT2D eigenvalue weighted by atomic mass is 32.2. The van der Waals surface area contributed by atoms with Crippen LogP contribution >= 0.6 is 46.6 Å². The molecule has 1 unspecified atom stereocenters. The first kappa shape index (κ1) is 58.0. The van der Waals surface area contributed by atoms with Crippen LogP contribution in [0.25, 0.3) is 0 Å². The molecular formula is C60H60N8O9S4. The van der Waals surface area contributed by atoms with Gasteiger partial charge in [-0.1, -0.05) is 174 Å². The number of benzene rings is 5. The predicted octanol–water partition coefficient (Wildman–Crippen LogP) is 11.3. The minimum absolute atomic E-state index is 0.0126. The molecule has 9 rings (SSSR count). The Morgan fingerprint density at radius 3 is 1.77 bits per heavy atom. The van der Waals surface area contributed by atoms with Crippen molar-refractivity contribution >= 4 is 87.3 Å². The van der Waals surface area contributed by atoms with Gasteiger partial charge in [0.15, 0.2) is 16.9 Å². The third-order valence-corrected chi connectivity index (χ3v) is 17.6. The Kier molecular flexibility index (Phi) is 17.6. The SMILES string of the molecule is CC(C)(C)OC(=O)Nc1nc(/C(=N/OC(C)(C)C(=O)OC(C)(C)C)C(=O)N[C@@H]2C(=O)N3C(C(=O)OC(c4ccccc4)c4ccccc4)=C(SC(Sc4c[nH]nn4)C(c4ccccc4)(c4ccccc4)c4ccccc4)CS[C@@H]23)cs1. The van der Waals surface area contributed by atoms with Crippen LogP contribution in [0.15, 0.2) is 184 Å². The van der Waals surface area contributed by atoms with Gasteiger partial charge in [0, 0.05) is 16.0 Å². The van der Waals surface area contributed by atoms with Gasteiger partial charge in [0.1, 0.15) is 39.0 Å². The molecule has 21 heteroatoms. The molecule has 0 spiro atoms. The van der Waals surface area contributed by atoms with E-state index in [2.05, 4.69) is 72.6 Å². The Morgan fingerprint density at radius 2 is 1.26 bits per heavy atom. The molecule has 0 saturated carbocycles. The molecule has 3 atom stereocenters. The molecule has 17 nitrogen and oxygen atoms in total. The first-order valence-corrected chi connectivity index (χ1v) is 29.5. The fourth-order valence-electron chi connectivity index (χ4n) is 8.96. The molecule has 418 valence electrons. The van der Waals surface area contributed by atoms with Gasteiger partial charge in [-0.3, -0.25) is 24.9 Å². The average molecular weight is 1170 g/mol. The maximum absolute atomic E-state index is 15.6. The predicted molar refractivity (Wildman–Crippen MR) is 315 cm³/mol. The van der Waals surface area contributed by atoms with E-state index in [1.54, 1.807) is 47.7 Å². The van der Waals surface area contributed by atoms with Crippen molar-refractivity contribution in [1.29, 1.82) is 0 Å². The Bertz CT molecular complexity index is 3270. The Balaban J connectivity index is 1.13. The molecule has 0 radical (unpaired) electrons. The number of oxime groups is 1. The molecule has 81 heavy (non-hydrogen) atoms. The molecule has 2 aliphatic heterocycles. The number of carbonyl (C=O) groups excluding carboxylic acids is 5. The highest BCUT2D eigenvalue weighted by Gasteiger charge is 2.56. The number of nitrogens with one attached hydrogen (secondary N) is 3. The lowest BCUT2D eigenvalue weighted by molar-refractivity contribution is -0.179. The van der Waals surface area contributed by atoms with Gasteiger partial charge >= 0.3 is 18.0 Å². The number of esters is 2. The van der Waals surface area contributed by atoms with Crippen molar-refractivity contribution in [2.24, 2.45) is 5.16 Å². The topological polar surface area (TPSA) is 216 Å². The third kappa shape index (κ3) is 13.4. The van der Waals surface area contributed by atoms with E-state index in [1.807, 2.05) is 115 Å². The number of aromatic nitrogens is 4. The standard InChI is InChI=1S/C60H60N8O9S4/c1-57(2,3)75-53(72)59(7,8)77-66-45(42-35-79-55(62-42)64-56(73)76-58(4,5)6)49(69)63-46-50(70)68-47(52(71)74-48(37-24-14-9-15-25-37)38-26-16-10-17-27-38)43(36-78-51(46)68)80-54(81-44-34-61-67-65-44)60(39-28-18-11-19-29-39,40-30-20-12-21-31-40)41-32-22-13-23-33-41/h9-35,46,48,51,54H,36H2,1-8H3,(H,63,69)(H,61,65,67)(H,62,64,73)/b66-45-/t46-,51+,54?/m1/s1. The number of ether oxygens (including phenoxy) is 3. The van der Waals surface area contributed by atoms with Crippen molar-refractivity contribution in [3.8, 4) is 0 Å². The average Bonchev–Trinajstić information content (AvgIpc) is 4.20. The lowest BCUT2D eigenvalue weighted by Gasteiger charge is -2.50. The number of amides is 3. The van der Waals surface area contributed by atoms with Crippen molar-refractivity contribution < 1.29 is 43.0 Å². The highest BCUT2D eigenvalue weighted by molar-refractivity contribution is 8.19. The van der Waals surface area contributed by atoms with Crippen molar-refractivity contribution in [1.82, 2.24) is 30.6 Å². The second-order valence-corrected chi connectivity index (χ2v) is 25.8. The smallest absolute Gasteiger partial charge is 0.413 e. The summed E-state index contributed by atoms with van der Waals surface area (Å²) in [4.78, 5) is 83.8. The fourth-order valence-corrected chi connectivity index (χ4v) is 14.3. The number of rotatable bonds is 19. The van der Waals surface area contributed by atoms with Crippen LogP contribution in [0.2, 0.25) is 0 Å². The van der Waals surface area contributed by atoms with Gasteiger partial charge in [-0.05, 0) is 83.2 Å². The number of anilines is 1. The Hall–Kier alpha value is -7.72. The van der Waals surface area contributed by atoms with E-state index < -0.39 is 79.9 Å². The number of carbonyl (C=O) groups is 5. The fraction of sp³-hybridized carbons (Fsp3) is 0.283. The van der Waals surface area contributed by atoms with Crippen LogP contribution in [-0.2, 0) is 43.6 Å². The maximum Gasteiger partial charge on any atom is 0.413 e. The normalized spacial score (nSPS) is 16.2. The zero-order valence-corrected chi connectivity index (χ0v) is 48.9. The van der Waals surface area contributed by atoms with Crippen molar-refractivity contribution in [3.05, 3.63) is 207 Å². The van der Waals surface area contributed by atoms with E-state index in [-0.39, 0.29) is 22.3 Å². The molecule has 7 aromatic rings. The van der Waals surface area contributed by atoms with Gasteiger partial charge in [0.25, 0.3) is 11.8 Å². The number of nitrogens with zero attached hydrogens (tertiary/aromatic N) is 5. The monoisotopic (exact) mass is 1160 g/mol. The molecule has 3 amide bonds. The molecule has 1 fully saturated rings. The van der Waals surface area contributed by atoms with E-state index in [0.717, 1.165) is 28.0 Å². The Labute approximate surface area is 486 Å². The summed E-state index contributed by atoms with van der Waals surface area (Å²) >= 11 is 5.23. The van der Waals surface area contributed by atoms with E-state index in [1.165, 1.54) is 59.4 Å². The molecule has 0 aliphatic carbocycles. The minimum atomic E-state index is -1.71. The summed E-state index contributed by atoms with van der Waals surface area (Å²) in [6.45, 7) is 13.1. The second-order valence-electron chi connectivity index (χ2n) is 21.2. The van der Waals surface area contributed by atoms with Crippen LogP contribution < -0.4 is 10.6 Å². The van der Waals surface area contributed by atoms with Crippen molar-refractivity contribution in [3.63, 3.8) is 0 Å². The number of thioether (sulfide) groups is 3. The van der Waals surface area contributed by atoms with Gasteiger partial charge < -0.3 is 24.4 Å². The summed E-state index contributed by atoms with van der Waals surface area (Å²) in [5.74, 6) is -2.83. The molecule has 2 aromatic heterocycles. The first-order valence-electron chi connectivity index (χ1n) is 25.8. The highest BCUT2D eigenvalue weighted by Crippen LogP contribution is 2.56. The summed E-state index contributed by atoms with van der Waals surface area (Å²) in [6.07, 6.45) is 0.0594. The molecular weight excluding hydrogens is 1100 g/mol. The molecule has 2 aliphatic rings. The maximum atomic E-state index is 15.6. The lowest BCUT2D eigenvalue weighted by atomic mass is 9.70. The molecule has 4 heterocycles. The third-order valence-electron chi connectivity index (χ3n) is 12.6. The van der Waals surface area contributed by atoms with Crippen molar-refractivity contribution in [2.45, 2.75) is 105 Å². The number of fused-ring (bicyclic) bond motifs is 1. The van der Waals surface area contributed by atoms with Gasteiger partial charge in [-0.2, -0.15) is 0 Å². The van der Waals surface area contributed by atoms with Crippen LogP contribution in [0.1, 0.15) is 95.0 Å². The van der Waals surface area contributed by atoms with Crippen LogP contribution in [0, 0.1) is 0 Å². The van der Waals surface area contributed by atoms with E-state index in [9.17, 15) is 14.4 Å². The lowest BCUT2D eigenvalue weighted by Crippen LogP contribution is -2.71.